The maximum absolute atomic E-state index is 12.3. The van der Waals surface area contributed by atoms with Crippen LogP contribution in [0.25, 0.3) is 33.5 Å². The number of rotatable bonds is 6. The van der Waals surface area contributed by atoms with Gasteiger partial charge in [0.2, 0.25) is 17.7 Å². The highest BCUT2D eigenvalue weighted by Gasteiger charge is 2.20. The van der Waals surface area contributed by atoms with Gasteiger partial charge in [-0.2, -0.15) is 0 Å². The molecule has 4 N–H and O–H groups in total. The second-order valence-electron chi connectivity index (χ2n) is 7.04. The standard InChI is InChI=1S/C22H20N8O4S/c1-3-23-22(33)26-17-9-14(20-30-29-19(34-20)13-7-5-4-6-8-13)15(10-24-17)21-25-11-16(35-21)18(32)28-27-12(2)31/h4-11H,3H2,1-2H3,(H,27,31)(H,28,32)(H2,23,24,26,33). The topological polar surface area (TPSA) is 164 Å². The second kappa shape index (κ2) is 10.5. The van der Waals surface area contributed by atoms with Crippen molar-refractivity contribution in [2.45, 2.75) is 13.8 Å². The molecule has 12 nitrogen and oxygen atoms in total. The lowest BCUT2D eigenvalue weighted by atomic mass is 10.1. The van der Waals surface area contributed by atoms with Crippen LogP contribution in [-0.2, 0) is 4.79 Å². The van der Waals surface area contributed by atoms with Gasteiger partial charge in [0.25, 0.3) is 5.91 Å². The number of hydrogen-bond donors (Lipinski definition) is 4. The maximum Gasteiger partial charge on any atom is 0.320 e. The molecule has 3 heterocycles. The van der Waals surface area contributed by atoms with Gasteiger partial charge < -0.3 is 9.73 Å². The number of benzene rings is 1. The Labute approximate surface area is 203 Å². The highest BCUT2D eigenvalue weighted by molar-refractivity contribution is 7.17. The van der Waals surface area contributed by atoms with Crippen molar-refractivity contribution >= 4 is 35.0 Å². The molecule has 13 heteroatoms. The maximum atomic E-state index is 12.3. The Morgan fingerprint density at radius 3 is 2.49 bits per heavy atom. The van der Waals surface area contributed by atoms with Crippen LogP contribution in [0.4, 0.5) is 10.6 Å². The molecule has 0 aliphatic heterocycles. The summed E-state index contributed by atoms with van der Waals surface area (Å²) >= 11 is 1.08. The van der Waals surface area contributed by atoms with Crippen molar-refractivity contribution in [1.82, 2.24) is 36.3 Å². The predicted octanol–water partition coefficient (Wildman–Crippen LogP) is 2.84. The van der Waals surface area contributed by atoms with Crippen LogP contribution < -0.4 is 21.5 Å². The molecule has 0 aliphatic rings. The van der Waals surface area contributed by atoms with Crippen LogP contribution in [-0.4, -0.2) is 44.6 Å². The van der Waals surface area contributed by atoms with Gasteiger partial charge in [0.05, 0.1) is 11.8 Å². The van der Waals surface area contributed by atoms with Gasteiger partial charge in [-0.05, 0) is 25.1 Å². The van der Waals surface area contributed by atoms with Crippen LogP contribution in [0.1, 0.15) is 23.5 Å². The zero-order valence-electron chi connectivity index (χ0n) is 18.7. The third-order valence-electron chi connectivity index (χ3n) is 4.47. The number of nitrogens with one attached hydrogen (secondary N) is 4. The van der Waals surface area contributed by atoms with Crippen molar-refractivity contribution in [3.05, 3.63) is 53.7 Å². The summed E-state index contributed by atoms with van der Waals surface area (Å²) in [5.74, 6) is -0.169. The van der Waals surface area contributed by atoms with Crippen LogP contribution in [0.15, 0.2) is 53.2 Å². The number of thiazole rings is 1. The van der Waals surface area contributed by atoms with Crippen LogP contribution in [0.3, 0.4) is 0 Å². The molecule has 0 radical (unpaired) electrons. The fraction of sp³-hybridized carbons (Fsp3) is 0.136. The van der Waals surface area contributed by atoms with E-state index in [9.17, 15) is 14.4 Å². The lowest BCUT2D eigenvalue weighted by Gasteiger charge is -2.08. The Bertz CT molecular complexity index is 1370. The van der Waals surface area contributed by atoms with Gasteiger partial charge in [-0.25, -0.2) is 14.8 Å². The third-order valence-corrected chi connectivity index (χ3v) is 5.50. The number of urea groups is 1. The third kappa shape index (κ3) is 5.65. The molecule has 0 saturated heterocycles. The van der Waals surface area contributed by atoms with Gasteiger partial charge in [0, 0.05) is 30.8 Å². The highest BCUT2D eigenvalue weighted by atomic mass is 32.1. The van der Waals surface area contributed by atoms with Crippen LogP contribution in [0, 0.1) is 0 Å². The number of aromatic nitrogens is 4. The molecule has 0 unspecified atom stereocenters. The number of carbonyl (C=O) groups excluding carboxylic acids is 3. The van der Waals surface area contributed by atoms with Crippen LogP contribution in [0.5, 0.6) is 0 Å². The lowest BCUT2D eigenvalue weighted by Crippen LogP contribution is -2.39. The van der Waals surface area contributed by atoms with Gasteiger partial charge in [-0.3, -0.25) is 25.8 Å². The van der Waals surface area contributed by atoms with E-state index in [1.165, 1.54) is 19.3 Å². The molecule has 1 aromatic carbocycles. The summed E-state index contributed by atoms with van der Waals surface area (Å²) in [6.45, 7) is 3.53. The molecule has 3 aromatic heterocycles. The summed E-state index contributed by atoms with van der Waals surface area (Å²) in [6.07, 6.45) is 2.88. The molecule has 0 bridgehead atoms. The van der Waals surface area contributed by atoms with Gasteiger partial charge in [-0.1, -0.05) is 18.2 Å². The van der Waals surface area contributed by atoms with E-state index in [0.717, 1.165) is 16.9 Å². The van der Waals surface area contributed by atoms with E-state index >= 15 is 0 Å². The Hall–Kier alpha value is -4.65. The van der Waals surface area contributed by atoms with Crippen LogP contribution in [0.2, 0.25) is 0 Å². The van der Waals surface area contributed by atoms with E-state index in [2.05, 4.69) is 41.7 Å². The quantitative estimate of drug-likeness (QED) is 0.298. The smallest absolute Gasteiger partial charge is 0.320 e. The molecule has 35 heavy (non-hydrogen) atoms. The monoisotopic (exact) mass is 492 g/mol. The first kappa shape index (κ1) is 23.5. The molecule has 4 aromatic rings. The van der Waals surface area contributed by atoms with Gasteiger partial charge in [-0.15, -0.1) is 21.5 Å². The minimum Gasteiger partial charge on any atom is -0.416 e. The van der Waals surface area contributed by atoms with Crippen LogP contribution >= 0.6 is 11.3 Å². The zero-order chi connectivity index (χ0) is 24.8. The molecule has 4 amide bonds. The minimum atomic E-state index is -0.517. The number of hydrogen-bond acceptors (Lipinski definition) is 9. The first-order valence-electron chi connectivity index (χ1n) is 10.4. The normalized spacial score (nSPS) is 10.5. The summed E-state index contributed by atoms with van der Waals surface area (Å²) in [4.78, 5) is 44.2. The molecule has 178 valence electrons. The van der Waals surface area contributed by atoms with E-state index < -0.39 is 17.8 Å². The molecule has 0 spiro atoms. The van der Waals surface area contributed by atoms with Crippen molar-refractivity contribution in [2.75, 3.05) is 11.9 Å². The largest absolute Gasteiger partial charge is 0.416 e. The summed E-state index contributed by atoms with van der Waals surface area (Å²) in [5.41, 5.74) is 6.25. The lowest BCUT2D eigenvalue weighted by molar-refractivity contribution is -0.119. The minimum absolute atomic E-state index is 0.180. The fourth-order valence-corrected chi connectivity index (χ4v) is 3.77. The summed E-state index contributed by atoms with van der Waals surface area (Å²) in [5, 5.41) is 14.0. The molecule has 4 rings (SSSR count). The Morgan fingerprint density at radius 2 is 1.74 bits per heavy atom. The van der Waals surface area contributed by atoms with E-state index in [1.54, 1.807) is 13.0 Å². The molecule has 0 aliphatic carbocycles. The van der Waals surface area contributed by atoms with E-state index in [4.69, 9.17) is 4.42 Å². The number of anilines is 1. The molecular weight excluding hydrogens is 472 g/mol. The van der Waals surface area contributed by atoms with E-state index in [-0.39, 0.29) is 16.6 Å². The number of hydrazine groups is 1. The number of carbonyl (C=O) groups is 3. The average Bonchev–Trinajstić information content (AvgIpc) is 3.54. The fourth-order valence-electron chi connectivity index (χ4n) is 2.93. The first-order valence-corrected chi connectivity index (χ1v) is 11.2. The summed E-state index contributed by atoms with van der Waals surface area (Å²) in [7, 11) is 0. The SMILES string of the molecule is CCNC(=O)Nc1cc(-c2nnc(-c3ccccc3)o2)c(-c2ncc(C(=O)NNC(C)=O)s2)cn1. The van der Waals surface area contributed by atoms with Crippen molar-refractivity contribution in [1.29, 1.82) is 0 Å². The second-order valence-corrected chi connectivity index (χ2v) is 8.07. The van der Waals surface area contributed by atoms with Gasteiger partial charge in [0.15, 0.2) is 0 Å². The zero-order valence-corrected chi connectivity index (χ0v) is 19.5. The van der Waals surface area contributed by atoms with Crippen molar-refractivity contribution in [3.8, 4) is 33.5 Å². The highest BCUT2D eigenvalue weighted by Crippen LogP contribution is 2.35. The first-order chi connectivity index (χ1) is 16.9. The molecule has 0 saturated carbocycles. The number of nitrogens with zero attached hydrogens (tertiary/aromatic N) is 4. The van der Waals surface area contributed by atoms with E-state index in [1.807, 2.05) is 30.3 Å². The molecular formula is C22H20N8O4S. The van der Waals surface area contributed by atoms with Crippen molar-refractivity contribution < 1.29 is 18.8 Å². The Kier molecular flexibility index (Phi) is 7.07. The van der Waals surface area contributed by atoms with Gasteiger partial charge >= 0.3 is 6.03 Å². The number of amides is 4. The summed E-state index contributed by atoms with van der Waals surface area (Å²) in [6, 6.07) is 10.4. The molecule has 0 fully saturated rings. The number of pyridine rings is 1. The van der Waals surface area contributed by atoms with Gasteiger partial charge in [0.1, 0.15) is 15.7 Å². The summed E-state index contributed by atoms with van der Waals surface area (Å²) < 4.78 is 5.92. The van der Waals surface area contributed by atoms with Crippen molar-refractivity contribution in [3.63, 3.8) is 0 Å². The van der Waals surface area contributed by atoms with E-state index in [0.29, 0.717) is 28.6 Å². The predicted molar refractivity (Wildman–Crippen MR) is 128 cm³/mol. The Balaban J connectivity index is 1.71. The molecule has 0 atom stereocenters. The van der Waals surface area contributed by atoms with Crippen molar-refractivity contribution in [2.24, 2.45) is 0 Å². The Morgan fingerprint density at radius 1 is 0.971 bits per heavy atom. The average molecular weight is 493 g/mol.